The van der Waals surface area contributed by atoms with Crippen LogP contribution < -0.4 is 11.1 Å². The van der Waals surface area contributed by atoms with E-state index in [9.17, 15) is 4.79 Å². The number of benzene rings is 1. The van der Waals surface area contributed by atoms with Gasteiger partial charge in [0, 0.05) is 37.4 Å². The molecule has 2 atom stereocenters. The zero-order chi connectivity index (χ0) is 15.2. The van der Waals surface area contributed by atoms with Crippen LogP contribution in [0.4, 0.5) is 0 Å². The molecule has 0 spiro atoms. The highest BCUT2D eigenvalue weighted by molar-refractivity contribution is 5.78. The van der Waals surface area contributed by atoms with Crippen molar-refractivity contribution >= 4 is 5.91 Å². The Morgan fingerprint density at radius 3 is 2.67 bits per heavy atom. The molecule has 2 rings (SSSR count). The Hall–Kier alpha value is -2.14. The van der Waals surface area contributed by atoms with Crippen molar-refractivity contribution in [1.29, 1.82) is 0 Å². The summed E-state index contributed by atoms with van der Waals surface area (Å²) in [5.41, 5.74) is 8.03. The predicted molar refractivity (Wildman–Crippen MR) is 82.4 cm³/mol. The van der Waals surface area contributed by atoms with Crippen molar-refractivity contribution < 1.29 is 4.79 Å². The lowest BCUT2D eigenvalue weighted by Gasteiger charge is -2.16. The molecule has 1 aromatic carbocycles. The van der Waals surface area contributed by atoms with Crippen LogP contribution in [0.5, 0.6) is 0 Å². The van der Waals surface area contributed by atoms with E-state index >= 15 is 0 Å². The predicted octanol–water partition coefficient (Wildman–Crippen LogP) is 1.53. The lowest BCUT2D eigenvalue weighted by Crippen LogP contribution is -2.38. The molecule has 0 aliphatic heterocycles. The maximum absolute atomic E-state index is 12.0. The number of rotatable bonds is 6. The fourth-order valence-electron chi connectivity index (χ4n) is 2.04. The molecule has 1 amide bonds. The smallest absolute Gasteiger partial charge is 0.224 e. The minimum Gasteiger partial charge on any atom is -0.352 e. The summed E-state index contributed by atoms with van der Waals surface area (Å²) in [6.45, 7) is 4.95. The van der Waals surface area contributed by atoms with E-state index in [4.69, 9.17) is 5.73 Å². The first kappa shape index (κ1) is 15.3. The van der Waals surface area contributed by atoms with Crippen molar-refractivity contribution in [3.8, 4) is 0 Å². The number of nitrogens with zero attached hydrogens (tertiary/aromatic N) is 2. The average molecular weight is 286 g/mol. The van der Waals surface area contributed by atoms with Crippen molar-refractivity contribution in [2.75, 3.05) is 0 Å². The van der Waals surface area contributed by atoms with Crippen molar-refractivity contribution in [3.05, 3.63) is 54.1 Å². The Morgan fingerprint density at radius 1 is 1.33 bits per heavy atom. The Kier molecular flexibility index (Phi) is 5.11. The summed E-state index contributed by atoms with van der Waals surface area (Å²) in [5.74, 6) is -0.201. The monoisotopic (exact) mass is 286 g/mol. The molecule has 5 nitrogen and oxygen atoms in total. The van der Waals surface area contributed by atoms with Crippen LogP contribution >= 0.6 is 0 Å². The Balaban J connectivity index is 2.02. The highest BCUT2D eigenvalue weighted by Gasteiger charge is 2.16. The van der Waals surface area contributed by atoms with Gasteiger partial charge in [0.05, 0.1) is 6.33 Å². The number of hydrogen-bond donors (Lipinski definition) is 2. The zero-order valence-electron chi connectivity index (χ0n) is 12.5. The van der Waals surface area contributed by atoms with E-state index in [-0.39, 0.29) is 17.9 Å². The first-order valence-electron chi connectivity index (χ1n) is 7.13. The molecule has 0 aliphatic carbocycles. The number of imidazole rings is 1. The van der Waals surface area contributed by atoms with Crippen molar-refractivity contribution in [1.82, 2.24) is 14.9 Å². The molecule has 21 heavy (non-hydrogen) atoms. The highest BCUT2D eigenvalue weighted by atomic mass is 16.1. The van der Waals surface area contributed by atoms with Crippen LogP contribution in [-0.2, 0) is 17.9 Å². The van der Waals surface area contributed by atoms with Crippen molar-refractivity contribution in [2.45, 2.75) is 33.0 Å². The molecule has 3 N–H and O–H groups in total. The number of hydrogen-bond acceptors (Lipinski definition) is 3. The molecule has 0 aliphatic rings. The Labute approximate surface area is 125 Å². The lowest BCUT2D eigenvalue weighted by molar-refractivity contribution is -0.125. The summed E-state index contributed by atoms with van der Waals surface area (Å²) in [5, 5.41) is 2.96. The Morgan fingerprint density at radius 2 is 2.05 bits per heavy atom. The first-order chi connectivity index (χ1) is 10.1. The lowest BCUT2D eigenvalue weighted by atomic mass is 10.0. The number of nitrogens with two attached hydrogens (primary N) is 1. The van der Waals surface area contributed by atoms with Gasteiger partial charge in [0.25, 0.3) is 0 Å². The molecule has 5 heteroatoms. The molecule has 1 heterocycles. The molecular formula is C16H22N4O. The summed E-state index contributed by atoms with van der Waals surface area (Å²) in [7, 11) is 0. The second kappa shape index (κ2) is 7.04. The van der Waals surface area contributed by atoms with Gasteiger partial charge in [-0.25, -0.2) is 4.98 Å². The maximum atomic E-state index is 12.0. The number of nitrogens with one attached hydrogen (secondary N) is 1. The topological polar surface area (TPSA) is 72.9 Å². The molecule has 112 valence electrons. The van der Waals surface area contributed by atoms with Crippen LogP contribution in [0.25, 0.3) is 0 Å². The fourth-order valence-corrected chi connectivity index (χ4v) is 2.04. The van der Waals surface area contributed by atoms with E-state index in [1.807, 2.05) is 42.8 Å². The van der Waals surface area contributed by atoms with Crippen LogP contribution in [-0.4, -0.2) is 21.5 Å². The van der Waals surface area contributed by atoms with Crippen molar-refractivity contribution in [3.63, 3.8) is 0 Å². The third-order valence-corrected chi connectivity index (χ3v) is 3.69. The van der Waals surface area contributed by atoms with Gasteiger partial charge < -0.3 is 15.6 Å². The van der Waals surface area contributed by atoms with Gasteiger partial charge in [-0.3, -0.25) is 4.79 Å². The van der Waals surface area contributed by atoms with E-state index in [0.717, 1.165) is 12.1 Å². The van der Waals surface area contributed by atoms with Gasteiger partial charge in [0.2, 0.25) is 5.91 Å². The van der Waals surface area contributed by atoms with E-state index in [1.54, 1.807) is 12.5 Å². The largest absolute Gasteiger partial charge is 0.352 e. The molecule has 0 fully saturated rings. The number of aromatic nitrogens is 2. The van der Waals surface area contributed by atoms with Gasteiger partial charge in [-0.15, -0.1) is 0 Å². The van der Waals surface area contributed by atoms with Crippen LogP contribution in [0.15, 0.2) is 43.0 Å². The van der Waals surface area contributed by atoms with Gasteiger partial charge in [-0.05, 0) is 18.1 Å². The van der Waals surface area contributed by atoms with Gasteiger partial charge in [-0.1, -0.05) is 31.2 Å². The van der Waals surface area contributed by atoms with E-state index in [1.165, 1.54) is 5.56 Å². The number of carbonyl (C=O) groups is 1. The van der Waals surface area contributed by atoms with Crippen LogP contribution in [0.2, 0.25) is 0 Å². The summed E-state index contributed by atoms with van der Waals surface area (Å²) >= 11 is 0. The van der Waals surface area contributed by atoms with E-state index < -0.39 is 0 Å². The van der Waals surface area contributed by atoms with Crippen LogP contribution in [0.1, 0.15) is 25.0 Å². The minimum absolute atomic E-state index is 0.0116. The third-order valence-electron chi connectivity index (χ3n) is 3.69. The van der Waals surface area contributed by atoms with Gasteiger partial charge >= 0.3 is 0 Å². The second-order valence-corrected chi connectivity index (χ2v) is 5.37. The zero-order valence-corrected chi connectivity index (χ0v) is 12.5. The number of carbonyl (C=O) groups excluding carboxylic acids is 1. The van der Waals surface area contributed by atoms with Gasteiger partial charge in [0.15, 0.2) is 0 Å². The molecule has 2 aromatic rings. The van der Waals surface area contributed by atoms with E-state index in [2.05, 4.69) is 16.4 Å². The second-order valence-electron chi connectivity index (χ2n) is 5.37. The quantitative estimate of drug-likeness (QED) is 0.846. The molecule has 0 radical (unpaired) electrons. The molecular weight excluding hydrogens is 264 g/mol. The summed E-state index contributed by atoms with van der Waals surface area (Å²) < 4.78 is 2.01. The Bertz CT molecular complexity index is 578. The molecule has 1 aromatic heterocycles. The molecule has 0 saturated heterocycles. The summed E-state index contributed by atoms with van der Waals surface area (Å²) in [6, 6.07) is 7.93. The van der Waals surface area contributed by atoms with Crippen molar-refractivity contribution in [2.24, 2.45) is 11.7 Å². The van der Waals surface area contributed by atoms with Gasteiger partial charge in [-0.2, -0.15) is 0 Å². The standard InChI is InChI=1S/C16H22N4O/c1-12(13(2)17)16(21)19-9-14-5-3-4-6-15(14)10-20-8-7-18-11-20/h3-8,11-13H,9-10,17H2,1-2H3,(H,19,21). The van der Waals surface area contributed by atoms with Crippen LogP contribution in [0.3, 0.4) is 0 Å². The fraction of sp³-hybridized carbons (Fsp3) is 0.375. The molecule has 0 saturated carbocycles. The average Bonchev–Trinajstić information content (AvgIpc) is 2.98. The van der Waals surface area contributed by atoms with E-state index in [0.29, 0.717) is 6.54 Å². The SMILES string of the molecule is CC(N)C(C)C(=O)NCc1ccccc1Cn1ccnc1. The summed E-state index contributed by atoms with van der Waals surface area (Å²) in [6.07, 6.45) is 5.47. The third kappa shape index (κ3) is 4.16. The molecule has 2 unspecified atom stereocenters. The van der Waals surface area contributed by atoms with Gasteiger partial charge in [0.1, 0.15) is 0 Å². The highest BCUT2D eigenvalue weighted by Crippen LogP contribution is 2.11. The first-order valence-corrected chi connectivity index (χ1v) is 7.13. The summed E-state index contributed by atoms with van der Waals surface area (Å²) in [4.78, 5) is 16.0. The minimum atomic E-state index is -0.189. The van der Waals surface area contributed by atoms with Crippen LogP contribution in [0, 0.1) is 5.92 Å². The molecule has 0 bridgehead atoms. The number of amides is 1. The maximum Gasteiger partial charge on any atom is 0.224 e. The normalized spacial score (nSPS) is 13.7.